The molecule has 2 unspecified atom stereocenters. The number of nitrogens with zero attached hydrogens (tertiary/aromatic N) is 2. The predicted molar refractivity (Wildman–Crippen MR) is 231 cm³/mol. The van der Waals surface area contributed by atoms with Crippen molar-refractivity contribution >= 4 is 46.7 Å². The first-order valence-corrected chi connectivity index (χ1v) is 20.3. The first-order chi connectivity index (χ1) is 29.1. The molecule has 2 aliphatic heterocycles. The molecule has 60 heavy (non-hydrogen) atoms. The number of hydrogen-bond acceptors (Lipinski definition) is 8. The summed E-state index contributed by atoms with van der Waals surface area (Å²) in [6.45, 7) is 3.13. The lowest BCUT2D eigenvalue weighted by molar-refractivity contribution is -0.146. The number of pyridine rings is 1. The van der Waals surface area contributed by atoms with Gasteiger partial charge >= 0.3 is 5.97 Å². The first-order valence-electron chi connectivity index (χ1n) is 19.6. The third-order valence-corrected chi connectivity index (χ3v) is 11.6. The van der Waals surface area contributed by atoms with Gasteiger partial charge in [0.1, 0.15) is 24.1 Å². The van der Waals surface area contributed by atoms with Gasteiger partial charge in [-0.05, 0) is 95.3 Å². The minimum absolute atomic E-state index is 0.253. The van der Waals surface area contributed by atoms with Gasteiger partial charge in [0.2, 0.25) is 12.0 Å². The number of fused-ring (bicyclic) bond motifs is 2. The normalized spacial score (nSPS) is 16.4. The smallest absolute Gasteiger partial charge is 0.328 e. The Balaban J connectivity index is 0.984. The molecule has 2 amide bonds. The van der Waals surface area contributed by atoms with Crippen LogP contribution in [-0.4, -0.2) is 46.9 Å². The molecule has 10 nitrogen and oxygen atoms in total. The molecule has 304 valence electrons. The molecule has 6 aromatic rings. The van der Waals surface area contributed by atoms with E-state index in [1.54, 1.807) is 42.6 Å². The highest BCUT2D eigenvalue weighted by molar-refractivity contribution is 6.42. The molecule has 12 heteroatoms. The van der Waals surface area contributed by atoms with E-state index in [1.165, 1.54) is 12.7 Å². The number of rotatable bonds is 12. The number of amides is 2. The number of aromatic nitrogens is 1. The fourth-order valence-corrected chi connectivity index (χ4v) is 7.86. The van der Waals surface area contributed by atoms with Crippen LogP contribution in [0.4, 0.5) is 5.69 Å². The highest BCUT2D eigenvalue weighted by atomic mass is 35.5. The fourth-order valence-electron chi connectivity index (χ4n) is 7.54. The second kappa shape index (κ2) is 18.0. The minimum atomic E-state index is -0.915. The molecule has 3 atom stereocenters. The van der Waals surface area contributed by atoms with Crippen LogP contribution in [0.1, 0.15) is 45.2 Å². The van der Waals surface area contributed by atoms with Crippen LogP contribution in [-0.2, 0) is 51.7 Å². The molecule has 5 aromatic carbocycles. The lowest BCUT2D eigenvalue weighted by atomic mass is 9.91. The minimum Gasteiger partial charge on any atom is -0.489 e. The Morgan fingerprint density at radius 1 is 0.883 bits per heavy atom. The first kappa shape index (κ1) is 40.6. The molecular weight excluding hydrogens is 799 g/mol. The van der Waals surface area contributed by atoms with E-state index in [0.29, 0.717) is 58.9 Å². The summed E-state index contributed by atoms with van der Waals surface area (Å²) in [7, 11) is 1.32. The van der Waals surface area contributed by atoms with Crippen LogP contribution in [0.3, 0.4) is 0 Å². The van der Waals surface area contributed by atoms with Gasteiger partial charge in [-0.25, -0.2) is 4.79 Å². The molecule has 3 heterocycles. The standard InChI is InChI=1S/C48H42Cl2N4O6/c1-29-6-11-32(12-7-29)33-13-8-30(9-14-33)22-42(48(57)58-2)53-46(55)43-24-35-23-41-44(25-36(35)26-54(43)27-37-5-3-4-20-51-37)60-45(47(56)52-41)34-15-17-38(18-16-34)59-28-31-10-19-39(49)40(50)21-31/h3-21,23,25,42-43,45H,22,24,26-28H2,1-2H3,(H,52,56)(H,53,55)/t42-,43?,45?/m0/s1. The molecule has 2 N–H and O–H groups in total. The van der Waals surface area contributed by atoms with Crippen LogP contribution in [0.25, 0.3) is 11.1 Å². The van der Waals surface area contributed by atoms with Crippen molar-refractivity contribution in [2.24, 2.45) is 0 Å². The van der Waals surface area contributed by atoms with Gasteiger partial charge in [0, 0.05) is 31.3 Å². The molecule has 0 spiro atoms. The number of hydrogen-bond donors (Lipinski definition) is 2. The van der Waals surface area contributed by atoms with Crippen LogP contribution < -0.4 is 20.1 Å². The van der Waals surface area contributed by atoms with Crippen molar-refractivity contribution in [3.8, 4) is 22.6 Å². The molecule has 0 aliphatic carbocycles. The van der Waals surface area contributed by atoms with E-state index in [0.717, 1.165) is 39.1 Å². The summed E-state index contributed by atoms with van der Waals surface area (Å²) in [4.78, 5) is 47.5. The Hall–Kier alpha value is -6.20. The van der Waals surface area contributed by atoms with Crippen LogP contribution >= 0.6 is 23.2 Å². The van der Waals surface area contributed by atoms with E-state index in [2.05, 4.69) is 46.8 Å². The van der Waals surface area contributed by atoms with E-state index < -0.39 is 24.2 Å². The van der Waals surface area contributed by atoms with Gasteiger partial charge in [-0.15, -0.1) is 0 Å². The third-order valence-electron chi connectivity index (χ3n) is 10.8. The van der Waals surface area contributed by atoms with Crippen molar-refractivity contribution in [2.45, 2.75) is 57.6 Å². The Kier molecular flexibility index (Phi) is 12.1. The van der Waals surface area contributed by atoms with Crippen molar-refractivity contribution < 1.29 is 28.6 Å². The number of methoxy groups -OCH3 is 1. The second-order valence-electron chi connectivity index (χ2n) is 15.0. The third kappa shape index (κ3) is 9.31. The summed E-state index contributed by atoms with van der Waals surface area (Å²) in [6.07, 6.45) is 1.41. The highest BCUT2D eigenvalue weighted by Gasteiger charge is 2.37. The molecule has 2 aliphatic rings. The lowest BCUT2D eigenvalue weighted by Crippen LogP contribution is -2.54. The highest BCUT2D eigenvalue weighted by Crippen LogP contribution is 2.40. The average molecular weight is 842 g/mol. The Morgan fingerprint density at radius 2 is 1.62 bits per heavy atom. The number of esters is 1. The largest absolute Gasteiger partial charge is 0.489 e. The molecule has 8 rings (SSSR count). The lowest BCUT2D eigenvalue weighted by Gasteiger charge is -2.37. The zero-order valence-electron chi connectivity index (χ0n) is 33.0. The topological polar surface area (TPSA) is 119 Å². The molecule has 0 saturated carbocycles. The van der Waals surface area contributed by atoms with Gasteiger partial charge in [-0.2, -0.15) is 0 Å². The van der Waals surface area contributed by atoms with Gasteiger partial charge in [0.15, 0.2) is 0 Å². The van der Waals surface area contributed by atoms with Crippen molar-refractivity contribution in [2.75, 3.05) is 12.4 Å². The average Bonchev–Trinajstić information content (AvgIpc) is 3.26. The monoisotopic (exact) mass is 840 g/mol. The summed E-state index contributed by atoms with van der Waals surface area (Å²) in [5.74, 6) is -0.0228. The van der Waals surface area contributed by atoms with Crippen molar-refractivity contribution in [3.05, 3.63) is 177 Å². The zero-order valence-corrected chi connectivity index (χ0v) is 34.5. The van der Waals surface area contributed by atoms with E-state index in [4.69, 9.17) is 37.4 Å². The van der Waals surface area contributed by atoms with E-state index in [1.807, 2.05) is 65.6 Å². The molecule has 0 bridgehead atoms. The van der Waals surface area contributed by atoms with Crippen LogP contribution in [0.5, 0.6) is 11.5 Å². The Labute approximate surface area is 358 Å². The van der Waals surface area contributed by atoms with Crippen LogP contribution in [0, 0.1) is 6.92 Å². The number of aryl methyl sites for hydroxylation is 1. The number of anilines is 1. The van der Waals surface area contributed by atoms with Gasteiger partial charge in [-0.1, -0.05) is 102 Å². The zero-order chi connectivity index (χ0) is 41.8. The number of carbonyl (C=O) groups is 3. The SMILES string of the molecule is COC(=O)[C@H](Cc1ccc(-c2ccc(C)cc2)cc1)NC(=O)C1Cc2cc3c(cc2CN1Cc1ccccn1)OC(c1ccc(OCc2ccc(Cl)c(Cl)c2)cc1)C(=O)N3. The number of benzene rings is 5. The molecule has 0 radical (unpaired) electrons. The maximum Gasteiger partial charge on any atom is 0.328 e. The summed E-state index contributed by atoms with van der Waals surface area (Å²) >= 11 is 12.2. The van der Waals surface area contributed by atoms with Crippen molar-refractivity contribution in [1.82, 2.24) is 15.2 Å². The second-order valence-corrected chi connectivity index (χ2v) is 15.8. The summed E-state index contributed by atoms with van der Waals surface area (Å²) in [5.41, 5.74) is 8.90. The fraction of sp³-hybridized carbons (Fsp3) is 0.208. The summed E-state index contributed by atoms with van der Waals surface area (Å²) in [5, 5.41) is 6.97. The predicted octanol–water partition coefficient (Wildman–Crippen LogP) is 8.84. The molecule has 0 saturated heterocycles. The van der Waals surface area contributed by atoms with E-state index in [9.17, 15) is 14.4 Å². The van der Waals surface area contributed by atoms with Gasteiger partial charge < -0.3 is 24.8 Å². The maximum atomic E-state index is 14.3. The quantitative estimate of drug-likeness (QED) is 0.117. The number of carbonyl (C=O) groups excluding carboxylic acids is 3. The molecule has 0 fully saturated rings. The summed E-state index contributed by atoms with van der Waals surface area (Å²) < 4.78 is 17.5. The van der Waals surface area contributed by atoms with Gasteiger partial charge in [0.25, 0.3) is 5.91 Å². The van der Waals surface area contributed by atoms with Crippen molar-refractivity contribution in [3.63, 3.8) is 0 Å². The summed E-state index contributed by atoms with van der Waals surface area (Å²) in [6, 6.07) is 36.7. The van der Waals surface area contributed by atoms with E-state index >= 15 is 0 Å². The number of ether oxygens (including phenoxy) is 3. The van der Waals surface area contributed by atoms with E-state index in [-0.39, 0.29) is 18.2 Å². The number of nitrogens with one attached hydrogen (secondary N) is 2. The Morgan fingerprint density at radius 3 is 2.32 bits per heavy atom. The van der Waals surface area contributed by atoms with Crippen LogP contribution in [0.2, 0.25) is 10.0 Å². The number of halogens is 2. The van der Waals surface area contributed by atoms with Crippen LogP contribution in [0.15, 0.2) is 128 Å². The Bertz CT molecular complexity index is 2520. The molecule has 1 aromatic heterocycles. The van der Waals surface area contributed by atoms with Gasteiger partial charge in [-0.3, -0.25) is 19.5 Å². The maximum absolute atomic E-state index is 14.3. The van der Waals surface area contributed by atoms with Gasteiger partial charge in [0.05, 0.1) is 34.6 Å². The van der Waals surface area contributed by atoms with Crippen molar-refractivity contribution in [1.29, 1.82) is 0 Å². The molecular formula is C48H42Cl2N4O6.